The van der Waals surface area contributed by atoms with Crippen LogP contribution < -0.4 is 11.4 Å². The summed E-state index contributed by atoms with van der Waals surface area (Å²) in [4.78, 5) is 21.9. The van der Waals surface area contributed by atoms with Crippen LogP contribution in [0.1, 0.15) is 25.3 Å². The van der Waals surface area contributed by atoms with Crippen molar-refractivity contribution in [2.45, 2.75) is 37.5 Å². The standard InChI is InChI=1S/C24H22F2N6O.C2HF3O2/c1-30-11-19(17-8-13(25)2-6-20(17)30)23-28-29-24(33)32(23)22-12-31(16-5-4-15(27)10-16)21-7-3-14(26)9-18(21)22;3-2(4,5)1(6)7/h2-3,6-9,11-12,15-16H,4-5,10,27H2,1H3,(H,29,33);(H,6,7)/t15-,16-;/m1./s1. The molecule has 0 spiro atoms. The number of aryl methyl sites for hydroxylation is 1. The SMILES string of the molecule is Cn1cc(-c2n[nH]c(=O)n2-c2cn([C@@H]3CC[C@@H](N)C3)c3ccc(F)cc23)c2cc(F)ccc21.O=C(O)C(F)(F)F. The minimum absolute atomic E-state index is 0.120. The minimum Gasteiger partial charge on any atom is -0.475 e. The van der Waals surface area contributed by atoms with E-state index in [2.05, 4.69) is 14.8 Å². The Hall–Kier alpha value is -4.46. The Balaban J connectivity index is 0.000000411. The van der Waals surface area contributed by atoms with Crippen molar-refractivity contribution in [3.8, 4) is 17.1 Å². The summed E-state index contributed by atoms with van der Waals surface area (Å²) in [5.74, 6) is -3.19. The first-order valence-electron chi connectivity index (χ1n) is 12.1. The van der Waals surface area contributed by atoms with E-state index in [1.54, 1.807) is 12.1 Å². The molecule has 0 bridgehead atoms. The van der Waals surface area contributed by atoms with Crippen molar-refractivity contribution in [3.05, 3.63) is 70.9 Å². The van der Waals surface area contributed by atoms with Gasteiger partial charge in [0.05, 0.1) is 11.2 Å². The highest BCUT2D eigenvalue weighted by Gasteiger charge is 2.38. The largest absolute Gasteiger partial charge is 0.490 e. The summed E-state index contributed by atoms with van der Waals surface area (Å²) >= 11 is 0. The van der Waals surface area contributed by atoms with Crippen LogP contribution in [0, 0.1) is 11.6 Å². The number of nitrogens with two attached hydrogens (primary N) is 1. The maximum atomic E-state index is 14.3. The number of alkyl halides is 3. The maximum Gasteiger partial charge on any atom is 0.490 e. The molecule has 6 rings (SSSR count). The summed E-state index contributed by atoms with van der Waals surface area (Å²) in [5.41, 5.74) is 8.45. The van der Waals surface area contributed by atoms with Crippen LogP contribution in [-0.2, 0) is 11.8 Å². The third-order valence-corrected chi connectivity index (χ3v) is 6.96. The normalized spacial score (nSPS) is 17.4. The lowest BCUT2D eigenvalue weighted by Crippen LogP contribution is -2.21. The number of carbonyl (C=O) groups is 1. The van der Waals surface area contributed by atoms with Crippen molar-refractivity contribution in [2.75, 3.05) is 0 Å². The van der Waals surface area contributed by atoms with Gasteiger partial charge in [-0.3, -0.25) is 0 Å². The number of carboxylic acid groups (broad SMARTS) is 1. The number of aromatic nitrogens is 5. The fourth-order valence-corrected chi connectivity index (χ4v) is 5.18. The predicted molar refractivity (Wildman–Crippen MR) is 136 cm³/mol. The number of fused-ring (bicyclic) bond motifs is 2. The van der Waals surface area contributed by atoms with Crippen LogP contribution >= 0.6 is 0 Å². The Labute approximate surface area is 222 Å². The zero-order valence-corrected chi connectivity index (χ0v) is 20.9. The molecule has 2 aromatic carbocycles. The number of halogens is 5. The number of carboxylic acids is 1. The molecule has 2 atom stereocenters. The molecule has 5 aromatic rings. The molecule has 3 aromatic heterocycles. The van der Waals surface area contributed by atoms with Gasteiger partial charge in [-0.15, -0.1) is 0 Å². The molecule has 1 aliphatic carbocycles. The van der Waals surface area contributed by atoms with Crippen molar-refractivity contribution >= 4 is 27.8 Å². The van der Waals surface area contributed by atoms with Crippen LogP contribution in [0.4, 0.5) is 22.0 Å². The zero-order chi connectivity index (χ0) is 28.9. The summed E-state index contributed by atoms with van der Waals surface area (Å²) in [7, 11) is 1.85. The van der Waals surface area contributed by atoms with Gasteiger partial charge in [-0.2, -0.15) is 18.3 Å². The average molecular weight is 562 g/mol. The topological polar surface area (TPSA) is 124 Å². The van der Waals surface area contributed by atoms with E-state index >= 15 is 0 Å². The number of hydrogen-bond acceptors (Lipinski definition) is 4. The molecule has 0 radical (unpaired) electrons. The smallest absolute Gasteiger partial charge is 0.475 e. The fraction of sp³-hybridized carbons (Fsp3) is 0.269. The lowest BCUT2D eigenvalue weighted by atomic mass is 10.1. The van der Waals surface area contributed by atoms with Crippen molar-refractivity contribution in [1.82, 2.24) is 23.9 Å². The van der Waals surface area contributed by atoms with Gasteiger partial charge < -0.3 is 20.0 Å². The maximum absolute atomic E-state index is 14.3. The first-order chi connectivity index (χ1) is 18.8. The number of nitrogens with zero attached hydrogens (tertiary/aromatic N) is 4. The van der Waals surface area contributed by atoms with Crippen molar-refractivity contribution in [1.29, 1.82) is 0 Å². The molecule has 3 heterocycles. The molecule has 0 unspecified atom stereocenters. The Kier molecular flexibility index (Phi) is 6.74. The second kappa shape index (κ2) is 9.93. The molecule has 4 N–H and O–H groups in total. The third-order valence-electron chi connectivity index (χ3n) is 6.96. The number of hydrogen-bond donors (Lipinski definition) is 3. The molecule has 0 saturated heterocycles. The van der Waals surface area contributed by atoms with Crippen LogP contribution in [0.3, 0.4) is 0 Å². The van der Waals surface area contributed by atoms with Gasteiger partial charge in [0, 0.05) is 53.4 Å². The lowest BCUT2D eigenvalue weighted by molar-refractivity contribution is -0.192. The highest BCUT2D eigenvalue weighted by molar-refractivity contribution is 5.96. The van der Waals surface area contributed by atoms with Crippen LogP contribution in [0.5, 0.6) is 0 Å². The fourth-order valence-electron chi connectivity index (χ4n) is 5.18. The third kappa shape index (κ3) is 4.85. The van der Waals surface area contributed by atoms with Gasteiger partial charge in [0.15, 0.2) is 5.82 Å². The molecular weight excluding hydrogens is 539 g/mol. The van der Waals surface area contributed by atoms with Gasteiger partial charge in [0.2, 0.25) is 0 Å². The van der Waals surface area contributed by atoms with E-state index in [1.807, 2.05) is 24.0 Å². The molecule has 210 valence electrons. The van der Waals surface area contributed by atoms with Gasteiger partial charge in [-0.25, -0.2) is 28.0 Å². The number of aromatic amines is 1. The monoisotopic (exact) mass is 562 g/mol. The van der Waals surface area contributed by atoms with E-state index in [-0.39, 0.29) is 17.9 Å². The van der Waals surface area contributed by atoms with Gasteiger partial charge in [-0.1, -0.05) is 0 Å². The Morgan fingerprint density at radius 1 is 1.05 bits per heavy atom. The van der Waals surface area contributed by atoms with Gasteiger partial charge >= 0.3 is 17.8 Å². The highest BCUT2D eigenvalue weighted by Crippen LogP contribution is 2.37. The average Bonchev–Trinajstić information content (AvgIpc) is 3.63. The minimum atomic E-state index is -5.08. The summed E-state index contributed by atoms with van der Waals surface area (Å²) in [6.07, 6.45) is 1.25. The van der Waals surface area contributed by atoms with Gasteiger partial charge in [0.25, 0.3) is 0 Å². The summed E-state index contributed by atoms with van der Waals surface area (Å²) in [5, 5.41) is 15.2. The number of H-pyrrole nitrogens is 1. The Morgan fingerprint density at radius 2 is 1.68 bits per heavy atom. The van der Waals surface area contributed by atoms with E-state index < -0.39 is 23.7 Å². The van der Waals surface area contributed by atoms with Crippen molar-refractivity contribution < 1.29 is 31.9 Å². The first kappa shape index (κ1) is 27.1. The molecule has 0 amide bonds. The molecule has 1 fully saturated rings. The summed E-state index contributed by atoms with van der Waals surface area (Å²) in [6, 6.07) is 9.38. The molecule has 1 aliphatic rings. The van der Waals surface area contributed by atoms with Crippen LogP contribution in [0.2, 0.25) is 0 Å². The predicted octanol–water partition coefficient (Wildman–Crippen LogP) is 4.64. The van der Waals surface area contributed by atoms with Crippen LogP contribution in [0.25, 0.3) is 38.9 Å². The van der Waals surface area contributed by atoms with E-state index in [1.165, 1.54) is 28.8 Å². The second-order valence-corrected chi connectivity index (χ2v) is 9.62. The number of rotatable bonds is 3. The van der Waals surface area contributed by atoms with E-state index in [9.17, 15) is 26.7 Å². The van der Waals surface area contributed by atoms with Crippen molar-refractivity contribution in [2.24, 2.45) is 12.8 Å². The van der Waals surface area contributed by atoms with E-state index in [0.717, 1.165) is 30.3 Å². The zero-order valence-electron chi connectivity index (χ0n) is 20.9. The Morgan fingerprint density at radius 3 is 2.27 bits per heavy atom. The molecule has 9 nitrogen and oxygen atoms in total. The number of nitrogens with one attached hydrogen (secondary N) is 1. The van der Waals surface area contributed by atoms with E-state index in [0.29, 0.717) is 27.8 Å². The summed E-state index contributed by atoms with van der Waals surface area (Å²) in [6.45, 7) is 0. The highest BCUT2D eigenvalue weighted by atomic mass is 19.4. The number of aliphatic carboxylic acids is 1. The quantitative estimate of drug-likeness (QED) is 0.277. The van der Waals surface area contributed by atoms with Crippen LogP contribution in [0.15, 0.2) is 53.6 Å². The van der Waals surface area contributed by atoms with Crippen LogP contribution in [-0.4, -0.2) is 47.2 Å². The molecule has 40 heavy (non-hydrogen) atoms. The van der Waals surface area contributed by atoms with Crippen molar-refractivity contribution in [3.63, 3.8) is 0 Å². The summed E-state index contributed by atoms with van der Waals surface area (Å²) < 4.78 is 65.5. The van der Waals surface area contributed by atoms with E-state index in [4.69, 9.17) is 15.6 Å². The van der Waals surface area contributed by atoms with Gasteiger partial charge in [-0.05, 0) is 55.7 Å². The second-order valence-electron chi connectivity index (χ2n) is 9.62. The van der Waals surface area contributed by atoms with Gasteiger partial charge in [0.1, 0.15) is 11.6 Å². The first-order valence-corrected chi connectivity index (χ1v) is 12.1. The lowest BCUT2D eigenvalue weighted by Gasteiger charge is -2.13. The molecule has 0 aliphatic heterocycles. The number of benzene rings is 2. The molecule has 1 saturated carbocycles. The molecule has 14 heteroatoms. The molecular formula is C26H23F5N6O3. The Bertz CT molecular complexity index is 1800.